The number of Topliss-reactive ketones (excluding diaryl/α,β-unsaturated/α-hetero) is 1. The third kappa shape index (κ3) is 9.10. The molecule has 1 unspecified atom stereocenters. The van der Waals surface area contributed by atoms with Crippen LogP contribution < -0.4 is 14.2 Å². The van der Waals surface area contributed by atoms with Crippen molar-refractivity contribution in [3.8, 4) is 23.0 Å². The van der Waals surface area contributed by atoms with E-state index in [0.717, 1.165) is 53.0 Å². The summed E-state index contributed by atoms with van der Waals surface area (Å²) in [5, 5.41) is 0.106. The topological polar surface area (TPSA) is 61.8 Å². The van der Waals surface area contributed by atoms with Gasteiger partial charge in [-0.1, -0.05) is 62.7 Å². The molecule has 0 bridgehead atoms. The van der Waals surface area contributed by atoms with Gasteiger partial charge in [0.15, 0.2) is 10.9 Å². The Bertz CT molecular complexity index is 1190. The molecular formula is C31H35ClO5S. The van der Waals surface area contributed by atoms with Gasteiger partial charge in [-0.15, -0.1) is 0 Å². The van der Waals surface area contributed by atoms with E-state index in [1.807, 2.05) is 68.4 Å². The zero-order valence-electron chi connectivity index (χ0n) is 22.4. The first-order chi connectivity index (χ1) is 18.3. The van der Waals surface area contributed by atoms with Crippen LogP contribution in [0.5, 0.6) is 23.0 Å². The van der Waals surface area contributed by atoms with E-state index in [4.69, 9.17) is 25.8 Å². The Morgan fingerprint density at radius 2 is 1.50 bits per heavy atom. The number of ether oxygens (including phenoxy) is 3. The first kappa shape index (κ1) is 29.6. The Hall–Kier alpha value is -2.96. The van der Waals surface area contributed by atoms with Crippen LogP contribution in [0.25, 0.3) is 0 Å². The molecule has 0 spiro atoms. The van der Waals surface area contributed by atoms with Crippen molar-refractivity contribution >= 4 is 34.3 Å². The lowest BCUT2D eigenvalue weighted by atomic mass is 10.0. The van der Waals surface area contributed by atoms with Crippen LogP contribution in [0.1, 0.15) is 56.9 Å². The zero-order chi connectivity index (χ0) is 27.5. The predicted octanol–water partition coefficient (Wildman–Crippen LogP) is 8.48. The van der Waals surface area contributed by atoms with Crippen molar-refractivity contribution in [1.82, 2.24) is 0 Å². The van der Waals surface area contributed by atoms with Gasteiger partial charge in [0.1, 0.15) is 23.0 Å². The van der Waals surface area contributed by atoms with Crippen LogP contribution in [-0.2, 0) is 16.0 Å². The van der Waals surface area contributed by atoms with Crippen molar-refractivity contribution < 1.29 is 23.8 Å². The molecule has 0 aliphatic heterocycles. The quantitative estimate of drug-likeness (QED) is 0.186. The molecule has 0 N–H and O–H groups in total. The Morgan fingerprint density at radius 3 is 2.13 bits per heavy atom. The molecule has 0 radical (unpaired) electrons. The molecule has 0 fully saturated rings. The lowest BCUT2D eigenvalue weighted by Crippen LogP contribution is -2.16. The Kier molecular flexibility index (Phi) is 11.6. The molecule has 0 aliphatic carbocycles. The highest BCUT2D eigenvalue weighted by molar-refractivity contribution is 8.14. The standard InChI is InChI=1S/C31H35ClO5S/c1-5-7-24-20-28(37-27-14-10-25(32)11-15-27)16-17-29(24)36-19-6-18-35-26-12-8-23(9-13-26)31(38-22(4)33)30(34)21(2)3/h8-17,20-21,31H,5-7,18-19H2,1-4H3. The maximum atomic E-state index is 12.6. The highest BCUT2D eigenvalue weighted by Gasteiger charge is 2.25. The predicted molar refractivity (Wildman–Crippen MR) is 155 cm³/mol. The fourth-order valence-corrected chi connectivity index (χ4v) is 4.93. The molecular weight excluding hydrogens is 520 g/mol. The lowest BCUT2D eigenvalue weighted by Gasteiger charge is -2.17. The maximum Gasteiger partial charge on any atom is 0.186 e. The van der Waals surface area contributed by atoms with Crippen molar-refractivity contribution in [1.29, 1.82) is 0 Å². The first-order valence-corrected chi connectivity index (χ1v) is 14.2. The number of benzene rings is 3. The summed E-state index contributed by atoms with van der Waals surface area (Å²) in [6.07, 6.45) is 2.59. The highest BCUT2D eigenvalue weighted by Crippen LogP contribution is 2.34. The number of hydrogen-bond donors (Lipinski definition) is 0. The number of hydrogen-bond acceptors (Lipinski definition) is 6. The SMILES string of the molecule is CCCc1cc(Oc2ccc(Cl)cc2)ccc1OCCCOc1ccc(C(SC(C)=O)C(=O)C(C)C)cc1. The van der Waals surface area contributed by atoms with Gasteiger partial charge in [0.2, 0.25) is 0 Å². The van der Waals surface area contributed by atoms with Crippen LogP contribution in [-0.4, -0.2) is 24.1 Å². The van der Waals surface area contributed by atoms with Gasteiger partial charge >= 0.3 is 0 Å². The molecule has 7 heteroatoms. The fourth-order valence-electron chi connectivity index (χ4n) is 3.79. The average molecular weight is 555 g/mol. The minimum Gasteiger partial charge on any atom is -0.493 e. The number of carbonyl (C=O) groups excluding carboxylic acids is 2. The monoisotopic (exact) mass is 554 g/mol. The van der Waals surface area contributed by atoms with Gasteiger partial charge in [0.25, 0.3) is 0 Å². The summed E-state index contributed by atoms with van der Waals surface area (Å²) in [6, 6.07) is 20.6. The summed E-state index contributed by atoms with van der Waals surface area (Å²) in [5.41, 5.74) is 1.91. The molecule has 202 valence electrons. The molecule has 3 rings (SSSR count). The Morgan fingerprint density at radius 1 is 0.868 bits per heavy atom. The summed E-state index contributed by atoms with van der Waals surface area (Å²) >= 11 is 7.02. The second-order valence-electron chi connectivity index (χ2n) is 9.24. The fraction of sp³-hybridized carbons (Fsp3) is 0.355. The van der Waals surface area contributed by atoms with Gasteiger partial charge in [-0.25, -0.2) is 0 Å². The van der Waals surface area contributed by atoms with E-state index in [1.165, 1.54) is 6.92 Å². The molecule has 5 nitrogen and oxygen atoms in total. The molecule has 3 aromatic rings. The molecule has 3 aromatic carbocycles. The highest BCUT2D eigenvalue weighted by atomic mass is 35.5. The van der Waals surface area contributed by atoms with Gasteiger partial charge in [0.05, 0.1) is 18.5 Å². The zero-order valence-corrected chi connectivity index (χ0v) is 23.9. The van der Waals surface area contributed by atoms with Crippen molar-refractivity contribution in [2.75, 3.05) is 13.2 Å². The van der Waals surface area contributed by atoms with Gasteiger partial charge in [-0.2, -0.15) is 0 Å². The van der Waals surface area contributed by atoms with Crippen LogP contribution >= 0.6 is 23.4 Å². The number of rotatable bonds is 14. The summed E-state index contributed by atoms with van der Waals surface area (Å²) in [5.74, 6) is 2.95. The van der Waals surface area contributed by atoms with Crippen LogP contribution in [0.4, 0.5) is 0 Å². The molecule has 0 saturated heterocycles. The van der Waals surface area contributed by atoms with E-state index < -0.39 is 5.25 Å². The van der Waals surface area contributed by atoms with Crippen LogP contribution in [0.3, 0.4) is 0 Å². The van der Waals surface area contributed by atoms with Crippen molar-refractivity contribution in [3.63, 3.8) is 0 Å². The Balaban J connectivity index is 1.50. The third-order valence-electron chi connectivity index (χ3n) is 5.71. The van der Waals surface area contributed by atoms with Crippen molar-refractivity contribution in [2.45, 2.75) is 52.2 Å². The van der Waals surface area contributed by atoms with E-state index >= 15 is 0 Å². The third-order valence-corrected chi connectivity index (χ3v) is 7.03. The van der Waals surface area contributed by atoms with Gasteiger partial charge in [-0.3, -0.25) is 9.59 Å². The number of halogens is 1. The van der Waals surface area contributed by atoms with E-state index in [9.17, 15) is 9.59 Å². The first-order valence-electron chi connectivity index (χ1n) is 12.9. The van der Waals surface area contributed by atoms with E-state index in [2.05, 4.69) is 6.92 Å². The molecule has 0 saturated carbocycles. The minimum atomic E-state index is -0.491. The summed E-state index contributed by atoms with van der Waals surface area (Å²) < 4.78 is 17.9. The minimum absolute atomic E-state index is 0.0445. The molecule has 0 aromatic heterocycles. The lowest BCUT2D eigenvalue weighted by molar-refractivity contribution is -0.121. The molecule has 0 amide bonds. The van der Waals surface area contributed by atoms with E-state index in [1.54, 1.807) is 12.1 Å². The van der Waals surface area contributed by atoms with Gasteiger partial charge < -0.3 is 14.2 Å². The molecule has 1 atom stereocenters. The average Bonchev–Trinajstić information content (AvgIpc) is 2.89. The van der Waals surface area contributed by atoms with Crippen molar-refractivity contribution in [2.24, 2.45) is 5.92 Å². The normalized spacial score (nSPS) is 11.7. The molecule has 0 aliphatic rings. The van der Waals surface area contributed by atoms with Gasteiger partial charge in [0, 0.05) is 24.3 Å². The van der Waals surface area contributed by atoms with Crippen LogP contribution in [0.2, 0.25) is 5.02 Å². The maximum absolute atomic E-state index is 12.6. The molecule has 38 heavy (non-hydrogen) atoms. The van der Waals surface area contributed by atoms with Gasteiger partial charge in [-0.05, 0) is 72.1 Å². The Labute approximate surface area is 234 Å². The van der Waals surface area contributed by atoms with Crippen LogP contribution in [0, 0.1) is 5.92 Å². The molecule has 0 heterocycles. The largest absolute Gasteiger partial charge is 0.493 e. The number of carbonyl (C=O) groups is 2. The number of aryl methyl sites for hydroxylation is 1. The number of ketones is 1. The number of thioether (sulfide) groups is 1. The smallest absolute Gasteiger partial charge is 0.186 e. The summed E-state index contributed by atoms with van der Waals surface area (Å²) in [4.78, 5) is 24.2. The summed E-state index contributed by atoms with van der Waals surface area (Å²) in [7, 11) is 0. The second-order valence-corrected chi connectivity index (χ2v) is 11.0. The summed E-state index contributed by atoms with van der Waals surface area (Å²) in [6.45, 7) is 8.34. The van der Waals surface area contributed by atoms with Crippen molar-refractivity contribution in [3.05, 3.63) is 82.9 Å². The van der Waals surface area contributed by atoms with Crippen LogP contribution in [0.15, 0.2) is 66.7 Å². The van der Waals surface area contributed by atoms with E-state index in [-0.39, 0.29) is 16.8 Å². The van der Waals surface area contributed by atoms with E-state index in [0.29, 0.717) is 30.4 Å². The second kappa shape index (κ2) is 14.8.